The van der Waals surface area contributed by atoms with Crippen LogP contribution in [0.1, 0.15) is 12.5 Å². The van der Waals surface area contributed by atoms with Crippen LogP contribution in [-0.2, 0) is 5.92 Å². The Kier molecular flexibility index (Phi) is 2.03. The Hall–Kier alpha value is -1.78. The summed E-state index contributed by atoms with van der Waals surface area (Å²) >= 11 is 0. The number of hydrogen-bond donors (Lipinski definition) is 1. The number of hydrogen-bond acceptors (Lipinski definition) is 2. The molecule has 1 N–H and O–H groups in total. The monoisotopic (exact) mass is 210 g/mol. The highest BCUT2D eigenvalue weighted by molar-refractivity contribution is 5.77. The topological polar surface area (TPSA) is 45.8 Å². The van der Waals surface area contributed by atoms with Crippen molar-refractivity contribution in [1.82, 2.24) is 9.97 Å². The van der Waals surface area contributed by atoms with Gasteiger partial charge in [0, 0.05) is 12.5 Å². The van der Waals surface area contributed by atoms with Gasteiger partial charge in [-0.1, -0.05) is 6.07 Å². The zero-order valence-corrected chi connectivity index (χ0v) is 7.92. The molecule has 1 aromatic carbocycles. The molecule has 2 rings (SSSR count). The molecule has 15 heavy (non-hydrogen) atoms. The van der Waals surface area contributed by atoms with E-state index < -0.39 is 5.92 Å². The second-order valence-electron chi connectivity index (χ2n) is 3.35. The third kappa shape index (κ3) is 1.72. The summed E-state index contributed by atoms with van der Waals surface area (Å²) in [6, 6.07) is 3.82. The summed E-state index contributed by atoms with van der Waals surface area (Å²) in [6.07, 6.45) is 1.20. The van der Waals surface area contributed by atoms with Gasteiger partial charge in [-0.05, 0) is 12.1 Å². The van der Waals surface area contributed by atoms with Gasteiger partial charge in [0.05, 0.1) is 17.2 Å². The second kappa shape index (κ2) is 3.12. The summed E-state index contributed by atoms with van der Waals surface area (Å²) < 4.78 is 25.9. The summed E-state index contributed by atoms with van der Waals surface area (Å²) in [5.41, 5.74) is -0.197. The van der Waals surface area contributed by atoms with E-state index in [2.05, 4.69) is 9.97 Å². The second-order valence-corrected chi connectivity index (χ2v) is 3.35. The molecule has 2 aromatic rings. The summed E-state index contributed by atoms with van der Waals surface area (Å²) in [7, 11) is 0. The lowest BCUT2D eigenvalue weighted by atomic mass is 10.1. The molecule has 0 radical (unpaired) electrons. The molecular weight excluding hydrogens is 202 g/mol. The number of benzene rings is 1. The van der Waals surface area contributed by atoms with Gasteiger partial charge in [0.2, 0.25) is 0 Å². The molecule has 0 aliphatic carbocycles. The maximum atomic E-state index is 13.0. The molecule has 1 heterocycles. The number of nitrogens with one attached hydrogen (secondary N) is 1. The van der Waals surface area contributed by atoms with E-state index in [1.54, 1.807) is 0 Å². The molecule has 0 fully saturated rings. The van der Waals surface area contributed by atoms with Crippen molar-refractivity contribution in [2.75, 3.05) is 0 Å². The van der Waals surface area contributed by atoms with Gasteiger partial charge in [0.25, 0.3) is 11.5 Å². The fraction of sp³-hybridized carbons (Fsp3) is 0.200. The summed E-state index contributed by atoms with van der Waals surface area (Å²) in [6.45, 7) is 0.807. The molecule has 0 saturated heterocycles. The molecule has 0 amide bonds. The number of nitrogens with zero attached hydrogens (tertiary/aromatic N) is 1. The Morgan fingerprint density at radius 1 is 1.40 bits per heavy atom. The quantitative estimate of drug-likeness (QED) is 0.782. The van der Waals surface area contributed by atoms with E-state index in [0.29, 0.717) is 5.39 Å². The van der Waals surface area contributed by atoms with Crippen molar-refractivity contribution in [2.24, 2.45) is 0 Å². The van der Waals surface area contributed by atoms with E-state index in [0.717, 1.165) is 6.92 Å². The summed E-state index contributed by atoms with van der Waals surface area (Å²) in [4.78, 5) is 17.5. The molecule has 5 heteroatoms. The third-order valence-electron chi connectivity index (χ3n) is 2.15. The average Bonchev–Trinajstić information content (AvgIpc) is 2.16. The molecule has 0 spiro atoms. The molecule has 78 valence electrons. The van der Waals surface area contributed by atoms with Gasteiger partial charge < -0.3 is 4.98 Å². The van der Waals surface area contributed by atoms with E-state index in [-0.39, 0.29) is 16.6 Å². The number of aromatic nitrogens is 2. The fourth-order valence-corrected chi connectivity index (χ4v) is 1.34. The zero-order chi connectivity index (χ0) is 11.1. The SMILES string of the molecule is CC(F)(F)c1ccc2c(=O)[nH]cnc2c1. The van der Waals surface area contributed by atoms with Gasteiger partial charge in [0.1, 0.15) is 0 Å². The Morgan fingerprint density at radius 2 is 2.13 bits per heavy atom. The largest absolute Gasteiger partial charge is 0.313 e. The number of aromatic amines is 1. The Balaban J connectivity index is 2.73. The summed E-state index contributed by atoms with van der Waals surface area (Å²) in [5.74, 6) is -2.92. The van der Waals surface area contributed by atoms with Crippen molar-refractivity contribution < 1.29 is 8.78 Å². The minimum Gasteiger partial charge on any atom is -0.313 e. The molecule has 0 atom stereocenters. The molecule has 0 aliphatic rings. The van der Waals surface area contributed by atoms with Crippen LogP contribution in [0.25, 0.3) is 10.9 Å². The van der Waals surface area contributed by atoms with Crippen LogP contribution in [0, 0.1) is 0 Å². The minimum atomic E-state index is -2.92. The first-order chi connectivity index (χ1) is 6.98. The predicted molar refractivity (Wildman–Crippen MR) is 51.9 cm³/mol. The van der Waals surface area contributed by atoms with Crippen molar-refractivity contribution in [3.63, 3.8) is 0 Å². The van der Waals surface area contributed by atoms with E-state index in [4.69, 9.17) is 0 Å². The van der Waals surface area contributed by atoms with Crippen molar-refractivity contribution in [3.05, 3.63) is 40.4 Å². The van der Waals surface area contributed by atoms with Crippen LogP contribution in [0.4, 0.5) is 8.78 Å². The van der Waals surface area contributed by atoms with Crippen LogP contribution in [0.5, 0.6) is 0 Å². The normalized spacial score (nSPS) is 11.9. The zero-order valence-electron chi connectivity index (χ0n) is 7.92. The number of fused-ring (bicyclic) bond motifs is 1. The van der Waals surface area contributed by atoms with E-state index >= 15 is 0 Å². The van der Waals surface area contributed by atoms with Gasteiger partial charge >= 0.3 is 0 Å². The van der Waals surface area contributed by atoms with Gasteiger partial charge in [-0.25, -0.2) is 13.8 Å². The standard InChI is InChI=1S/C10H8F2N2O/c1-10(11,12)6-2-3-7-8(4-6)13-5-14-9(7)15/h2-5H,1H3,(H,13,14,15). The van der Waals surface area contributed by atoms with Crippen molar-refractivity contribution in [1.29, 1.82) is 0 Å². The van der Waals surface area contributed by atoms with Gasteiger partial charge in [-0.15, -0.1) is 0 Å². The Bertz CT molecular complexity index is 557. The molecule has 0 unspecified atom stereocenters. The lowest BCUT2D eigenvalue weighted by Gasteiger charge is -2.10. The first-order valence-electron chi connectivity index (χ1n) is 4.34. The summed E-state index contributed by atoms with van der Waals surface area (Å²) in [5, 5.41) is 0.311. The third-order valence-corrected chi connectivity index (χ3v) is 2.15. The first kappa shape index (κ1) is 9.76. The molecule has 0 bridgehead atoms. The molecule has 3 nitrogen and oxygen atoms in total. The van der Waals surface area contributed by atoms with Crippen molar-refractivity contribution in [2.45, 2.75) is 12.8 Å². The molecule has 0 aliphatic heterocycles. The molecule has 1 aromatic heterocycles. The lowest BCUT2D eigenvalue weighted by molar-refractivity contribution is 0.0176. The highest BCUT2D eigenvalue weighted by atomic mass is 19.3. The molecule has 0 saturated carbocycles. The number of alkyl halides is 2. The van der Waals surface area contributed by atoms with Crippen LogP contribution >= 0.6 is 0 Å². The van der Waals surface area contributed by atoms with Crippen LogP contribution in [0.2, 0.25) is 0 Å². The van der Waals surface area contributed by atoms with E-state index in [9.17, 15) is 13.6 Å². The number of halogens is 2. The van der Waals surface area contributed by atoms with Crippen LogP contribution < -0.4 is 5.56 Å². The van der Waals surface area contributed by atoms with Crippen LogP contribution in [0.3, 0.4) is 0 Å². The van der Waals surface area contributed by atoms with Gasteiger partial charge in [-0.2, -0.15) is 0 Å². The van der Waals surface area contributed by atoms with Gasteiger partial charge in [0.15, 0.2) is 0 Å². The minimum absolute atomic E-state index is 0.145. The predicted octanol–water partition coefficient (Wildman–Crippen LogP) is 2.03. The maximum absolute atomic E-state index is 13.0. The lowest BCUT2D eigenvalue weighted by Crippen LogP contribution is -2.10. The van der Waals surface area contributed by atoms with Crippen LogP contribution in [-0.4, -0.2) is 9.97 Å². The smallest absolute Gasteiger partial charge is 0.270 e. The highest BCUT2D eigenvalue weighted by Gasteiger charge is 2.24. The van der Waals surface area contributed by atoms with Crippen LogP contribution in [0.15, 0.2) is 29.3 Å². The average molecular weight is 210 g/mol. The maximum Gasteiger partial charge on any atom is 0.270 e. The highest BCUT2D eigenvalue weighted by Crippen LogP contribution is 2.27. The fourth-order valence-electron chi connectivity index (χ4n) is 1.34. The Morgan fingerprint density at radius 3 is 2.80 bits per heavy atom. The van der Waals surface area contributed by atoms with E-state index in [1.807, 2.05) is 0 Å². The van der Waals surface area contributed by atoms with Crippen molar-refractivity contribution >= 4 is 10.9 Å². The molecular formula is C10H8F2N2O. The van der Waals surface area contributed by atoms with E-state index in [1.165, 1.54) is 24.5 Å². The Labute approximate surface area is 83.8 Å². The first-order valence-corrected chi connectivity index (χ1v) is 4.34. The number of rotatable bonds is 1. The number of H-pyrrole nitrogens is 1. The van der Waals surface area contributed by atoms with Crippen molar-refractivity contribution in [3.8, 4) is 0 Å². The van der Waals surface area contributed by atoms with Gasteiger partial charge in [-0.3, -0.25) is 4.79 Å².